The lowest BCUT2D eigenvalue weighted by atomic mass is 10.2. The third-order valence-corrected chi connectivity index (χ3v) is 2.57. The summed E-state index contributed by atoms with van der Waals surface area (Å²) in [6, 6.07) is 9.88. The van der Waals surface area contributed by atoms with Crippen molar-refractivity contribution < 1.29 is 4.42 Å². The Morgan fingerprint density at radius 3 is 2.81 bits per heavy atom. The first-order chi connectivity index (χ1) is 7.66. The molecule has 0 saturated heterocycles. The first-order valence-electron chi connectivity index (χ1n) is 5.26. The Hall–Kier alpha value is -1.90. The zero-order valence-electron chi connectivity index (χ0n) is 9.60. The molecule has 0 atom stereocenters. The lowest BCUT2D eigenvalue weighted by Crippen LogP contribution is -2.17. The number of hydrogen-bond acceptors (Lipinski definition) is 3. The molecule has 0 fully saturated rings. The quantitative estimate of drug-likeness (QED) is 0.802. The topological polar surface area (TPSA) is 42.4 Å². The van der Waals surface area contributed by atoms with Crippen LogP contribution in [0.1, 0.15) is 11.3 Å². The summed E-state index contributed by atoms with van der Waals surface area (Å²) < 4.78 is 5.31. The minimum Gasteiger partial charge on any atom is -0.467 e. The molecule has 3 heteroatoms. The molecule has 2 aromatic rings. The fourth-order valence-corrected chi connectivity index (χ4v) is 1.71. The predicted octanol–water partition coefficient (Wildman–Crippen LogP) is 2.81. The average Bonchev–Trinajstić information content (AvgIpc) is 2.74. The molecule has 0 aliphatic carbocycles. The molecular formula is C13H16N2O. The van der Waals surface area contributed by atoms with E-state index in [1.54, 1.807) is 6.26 Å². The molecular weight excluding hydrogens is 200 g/mol. The van der Waals surface area contributed by atoms with Gasteiger partial charge in [0.2, 0.25) is 0 Å². The van der Waals surface area contributed by atoms with Crippen molar-refractivity contribution in [2.45, 2.75) is 13.5 Å². The Bertz CT molecular complexity index is 463. The van der Waals surface area contributed by atoms with E-state index in [9.17, 15) is 0 Å². The van der Waals surface area contributed by atoms with E-state index in [0.29, 0.717) is 0 Å². The first-order valence-corrected chi connectivity index (χ1v) is 5.26. The number of aryl methyl sites for hydroxylation is 1. The molecule has 0 aliphatic heterocycles. The van der Waals surface area contributed by atoms with Gasteiger partial charge in [0.05, 0.1) is 24.2 Å². The summed E-state index contributed by atoms with van der Waals surface area (Å²) in [5.74, 6) is 0.934. The van der Waals surface area contributed by atoms with Gasteiger partial charge in [0.15, 0.2) is 0 Å². The number of benzene rings is 1. The summed E-state index contributed by atoms with van der Waals surface area (Å²) in [4.78, 5) is 2.08. The number of rotatable bonds is 3. The lowest BCUT2D eigenvalue weighted by molar-refractivity contribution is 0.507. The zero-order chi connectivity index (χ0) is 11.5. The Balaban J connectivity index is 2.20. The average molecular weight is 216 g/mol. The fourth-order valence-electron chi connectivity index (χ4n) is 1.71. The highest BCUT2D eigenvalue weighted by atomic mass is 16.3. The van der Waals surface area contributed by atoms with Crippen LogP contribution in [0.3, 0.4) is 0 Å². The molecule has 1 aromatic heterocycles. The number of anilines is 2. The molecule has 0 aliphatic rings. The molecule has 2 N–H and O–H groups in total. The summed E-state index contributed by atoms with van der Waals surface area (Å²) in [7, 11) is 2.01. The number of hydrogen-bond donors (Lipinski definition) is 1. The van der Waals surface area contributed by atoms with Crippen LogP contribution in [-0.2, 0) is 6.54 Å². The number of nitrogen functional groups attached to an aromatic ring is 1. The van der Waals surface area contributed by atoms with Gasteiger partial charge >= 0.3 is 0 Å². The molecule has 0 radical (unpaired) electrons. The van der Waals surface area contributed by atoms with E-state index in [4.69, 9.17) is 10.2 Å². The van der Waals surface area contributed by atoms with Crippen molar-refractivity contribution in [1.29, 1.82) is 0 Å². The van der Waals surface area contributed by atoms with E-state index in [1.807, 2.05) is 31.3 Å². The summed E-state index contributed by atoms with van der Waals surface area (Å²) in [6.07, 6.45) is 1.68. The van der Waals surface area contributed by atoms with Crippen LogP contribution in [0, 0.1) is 6.92 Å². The van der Waals surface area contributed by atoms with Crippen molar-refractivity contribution in [2.75, 3.05) is 17.7 Å². The SMILES string of the molecule is Cc1ccc(N)c(N(C)Cc2ccco2)c1. The Morgan fingerprint density at radius 2 is 2.12 bits per heavy atom. The number of nitrogens with two attached hydrogens (primary N) is 1. The second-order valence-corrected chi connectivity index (χ2v) is 4.00. The van der Waals surface area contributed by atoms with Gasteiger partial charge in [-0.05, 0) is 36.8 Å². The molecule has 16 heavy (non-hydrogen) atoms. The van der Waals surface area contributed by atoms with Crippen LogP contribution < -0.4 is 10.6 Å². The smallest absolute Gasteiger partial charge is 0.123 e. The molecule has 0 spiro atoms. The summed E-state index contributed by atoms with van der Waals surface area (Å²) in [6.45, 7) is 2.78. The van der Waals surface area contributed by atoms with E-state index < -0.39 is 0 Å². The van der Waals surface area contributed by atoms with E-state index in [-0.39, 0.29) is 0 Å². The molecule has 1 heterocycles. The molecule has 0 bridgehead atoms. The van der Waals surface area contributed by atoms with Gasteiger partial charge in [-0.1, -0.05) is 6.07 Å². The standard InChI is InChI=1S/C13H16N2O/c1-10-5-6-12(14)13(8-10)15(2)9-11-4-3-7-16-11/h3-8H,9,14H2,1-2H3. The highest BCUT2D eigenvalue weighted by molar-refractivity contribution is 5.68. The van der Waals surface area contributed by atoms with Gasteiger partial charge in [0.1, 0.15) is 5.76 Å². The highest BCUT2D eigenvalue weighted by Crippen LogP contribution is 2.24. The summed E-state index contributed by atoms with van der Waals surface area (Å²) in [5.41, 5.74) is 8.98. The maximum absolute atomic E-state index is 5.95. The van der Waals surface area contributed by atoms with Crippen molar-refractivity contribution >= 4 is 11.4 Å². The van der Waals surface area contributed by atoms with Crippen molar-refractivity contribution in [1.82, 2.24) is 0 Å². The summed E-state index contributed by atoms with van der Waals surface area (Å²) in [5, 5.41) is 0. The third kappa shape index (κ3) is 2.19. The van der Waals surface area contributed by atoms with Crippen LogP contribution in [0.15, 0.2) is 41.0 Å². The molecule has 1 aromatic carbocycles. The maximum atomic E-state index is 5.95. The minimum atomic E-state index is 0.723. The second-order valence-electron chi connectivity index (χ2n) is 4.00. The van der Waals surface area contributed by atoms with Gasteiger partial charge in [0, 0.05) is 7.05 Å². The van der Waals surface area contributed by atoms with Gasteiger partial charge in [-0.3, -0.25) is 0 Å². The number of furan rings is 1. The predicted molar refractivity (Wildman–Crippen MR) is 66.4 cm³/mol. The second kappa shape index (κ2) is 4.31. The van der Waals surface area contributed by atoms with E-state index in [0.717, 1.165) is 23.7 Å². The van der Waals surface area contributed by atoms with Gasteiger partial charge < -0.3 is 15.1 Å². The number of nitrogens with zero attached hydrogens (tertiary/aromatic N) is 1. The van der Waals surface area contributed by atoms with E-state index in [2.05, 4.69) is 17.9 Å². The molecule has 0 saturated carbocycles. The molecule has 84 valence electrons. The van der Waals surface area contributed by atoms with Gasteiger partial charge in [-0.15, -0.1) is 0 Å². The van der Waals surface area contributed by atoms with Crippen molar-refractivity contribution in [2.24, 2.45) is 0 Å². The Labute approximate surface area is 95.5 Å². The van der Waals surface area contributed by atoms with Crippen LogP contribution in [0.4, 0.5) is 11.4 Å². The van der Waals surface area contributed by atoms with Crippen LogP contribution in [-0.4, -0.2) is 7.05 Å². The van der Waals surface area contributed by atoms with E-state index >= 15 is 0 Å². The van der Waals surface area contributed by atoms with Gasteiger partial charge in [-0.25, -0.2) is 0 Å². The fraction of sp³-hybridized carbons (Fsp3) is 0.231. The normalized spacial score (nSPS) is 10.4. The first kappa shape index (κ1) is 10.6. The maximum Gasteiger partial charge on any atom is 0.123 e. The summed E-state index contributed by atoms with van der Waals surface area (Å²) >= 11 is 0. The molecule has 0 amide bonds. The lowest BCUT2D eigenvalue weighted by Gasteiger charge is -2.20. The van der Waals surface area contributed by atoms with Crippen molar-refractivity contribution in [3.63, 3.8) is 0 Å². The van der Waals surface area contributed by atoms with Crippen molar-refractivity contribution in [3.05, 3.63) is 47.9 Å². The Morgan fingerprint density at radius 1 is 1.31 bits per heavy atom. The van der Waals surface area contributed by atoms with Gasteiger partial charge in [-0.2, -0.15) is 0 Å². The van der Waals surface area contributed by atoms with Crippen molar-refractivity contribution in [3.8, 4) is 0 Å². The van der Waals surface area contributed by atoms with Crippen LogP contribution >= 0.6 is 0 Å². The largest absolute Gasteiger partial charge is 0.467 e. The minimum absolute atomic E-state index is 0.723. The molecule has 0 unspecified atom stereocenters. The highest BCUT2D eigenvalue weighted by Gasteiger charge is 2.07. The van der Waals surface area contributed by atoms with Crippen LogP contribution in [0.25, 0.3) is 0 Å². The van der Waals surface area contributed by atoms with E-state index in [1.165, 1.54) is 5.56 Å². The van der Waals surface area contributed by atoms with Crippen LogP contribution in [0.5, 0.6) is 0 Å². The zero-order valence-corrected chi connectivity index (χ0v) is 9.60. The molecule has 2 rings (SSSR count). The van der Waals surface area contributed by atoms with Crippen LogP contribution in [0.2, 0.25) is 0 Å². The van der Waals surface area contributed by atoms with Gasteiger partial charge in [0.25, 0.3) is 0 Å². The third-order valence-electron chi connectivity index (χ3n) is 2.57. The monoisotopic (exact) mass is 216 g/mol. The molecule has 3 nitrogen and oxygen atoms in total. The Kier molecular flexibility index (Phi) is 2.86.